The molecule has 5 aromatic rings. The number of benzene rings is 4. The Hall–Kier alpha value is -3.47. The van der Waals surface area contributed by atoms with Gasteiger partial charge in [0.15, 0.2) is 0 Å². The van der Waals surface area contributed by atoms with Gasteiger partial charge < -0.3 is 4.98 Å². The van der Waals surface area contributed by atoms with E-state index in [9.17, 15) is 9.18 Å². The van der Waals surface area contributed by atoms with Gasteiger partial charge in [0.1, 0.15) is 11.6 Å². The monoisotopic (exact) mass is 488 g/mol. The summed E-state index contributed by atoms with van der Waals surface area (Å²) in [4.78, 5) is 19.7. The third-order valence-electron chi connectivity index (χ3n) is 6.19. The molecule has 5 rings (SSSR count). The zero-order valence-electron chi connectivity index (χ0n) is 18.2. The standard InChI is InChI=1S/C28H19Cl2FN2O/c1-15(16(2)23-13-17(27(30)34)7-11-24(23)31)19-9-10-22(21-6-4-3-5-20(19)21)28-32-25-12-8-18(29)14-26(25)33-28/h3-15H,2H2,1H3,(H,32,33)/t15-/m1/s1. The number of allylic oxidation sites excluding steroid dienone is 1. The predicted molar refractivity (Wildman–Crippen MR) is 138 cm³/mol. The van der Waals surface area contributed by atoms with Crippen LogP contribution in [-0.4, -0.2) is 15.2 Å². The summed E-state index contributed by atoms with van der Waals surface area (Å²) in [5.74, 6) is 0.0786. The molecule has 0 saturated carbocycles. The number of rotatable bonds is 5. The van der Waals surface area contributed by atoms with Gasteiger partial charge in [-0.2, -0.15) is 0 Å². The molecule has 1 heterocycles. The third-order valence-corrected chi connectivity index (χ3v) is 6.64. The van der Waals surface area contributed by atoms with E-state index in [0.717, 1.165) is 38.8 Å². The van der Waals surface area contributed by atoms with Crippen LogP contribution in [0.25, 0.3) is 38.8 Å². The number of carbonyl (C=O) groups is 1. The number of hydrogen-bond donors (Lipinski definition) is 1. The van der Waals surface area contributed by atoms with E-state index in [0.29, 0.717) is 10.6 Å². The van der Waals surface area contributed by atoms with Crippen LogP contribution in [0.2, 0.25) is 5.02 Å². The van der Waals surface area contributed by atoms with E-state index in [1.807, 2.05) is 61.5 Å². The molecule has 34 heavy (non-hydrogen) atoms. The van der Waals surface area contributed by atoms with Crippen molar-refractivity contribution in [1.29, 1.82) is 0 Å². The molecule has 1 N–H and O–H groups in total. The molecule has 0 aliphatic carbocycles. The van der Waals surface area contributed by atoms with Crippen LogP contribution in [0.3, 0.4) is 0 Å². The number of aromatic amines is 1. The molecule has 3 nitrogen and oxygen atoms in total. The summed E-state index contributed by atoms with van der Waals surface area (Å²) in [6.07, 6.45) is 0. The van der Waals surface area contributed by atoms with E-state index >= 15 is 0 Å². The fourth-order valence-corrected chi connectivity index (χ4v) is 4.62. The van der Waals surface area contributed by atoms with Gasteiger partial charge in [-0.3, -0.25) is 4.79 Å². The Morgan fingerprint density at radius 1 is 1.03 bits per heavy atom. The van der Waals surface area contributed by atoms with Crippen molar-refractivity contribution in [1.82, 2.24) is 9.97 Å². The van der Waals surface area contributed by atoms with Crippen molar-refractivity contribution in [3.63, 3.8) is 0 Å². The van der Waals surface area contributed by atoms with Crippen molar-refractivity contribution in [3.8, 4) is 11.4 Å². The Kier molecular flexibility index (Phi) is 5.72. The minimum Gasteiger partial charge on any atom is -0.338 e. The van der Waals surface area contributed by atoms with Gasteiger partial charge in [-0.05, 0) is 69.9 Å². The van der Waals surface area contributed by atoms with Crippen molar-refractivity contribution >= 4 is 55.8 Å². The van der Waals surface area contributed by atoms with Gasteiger partial charge in [0.05, 0.1) is 11.0 Å². The Balaban J connectivity index is 1.61. The SMILES string of the molecule is C=C(c1cc(C(=O)Cl)ccc1F)[C@@H](C)c1ccc(-c2nc3ccc(Cl)cc3[nH]2)c2ccccc12. The van der Waals surface area contributed by atoms with E-state index in [1.165, 1.54) is 18.2 Å². The number of fused-ring (bicyclic) bond motifs is 2. The molecule has 0 aliphatic heterocycles. The average Bonchev–Trinajstić information content (AvgIpc) is 3.25. The van der Waals surface area contributed by atoms with E-state index in [2.05, 4.69) is 11.6 Å². The summed E-state index contributed by atoms with van der Waals surface area (Å²) < 4.78 is 14.7. The summed E-state index contributed by atoms with van der Waals surface area (Å²) in [6, 6.07) is 21.7. The number of H-pyrrole nitrogens is 1. The maximum atomic E-state index is 14.7. The molecular weight excluding hydrogens is 470 g/mol. The number of nitrogens with one attached hydrogen (secondary N) is 1. The van der Waals surface area contributed by atoms with E-state index in [-0.39, 0.29) is 17.0 Å². The average molecular weight is 489 g/mol. The molecule has 0 amide bonds. The molecule has 0 unspecified atom stereocenters. The molecule has 0 bridgehead atoms. The first-order valence-corrected chi connectivity index (χ1v) is 11.4. The second-order valence-electron chi connectivity index (χ2n) is 8.21. The first-order valence-electron chi connectivity index (χ1n) is 10.7. The number of carbonyl (C=O) groups excluding carboxylic acids is 1. The molecule has 0 fully saturated rings. The van der Waals surface area contributed by atoms with Gasteiger partial charge in [-0.25, -0.2) is 9.37 Å². The number of aromatic nitrogens is 2. The Morgan fingerprint density at radius 2 is 1.79 bits per heavy atom. The fraction of sp³-hybridized carbons (Fsp3) is 0.0714. The highest BCUT2D eigenvalue weighted by Gasteiger charge is 2.20. The summed E-state index contributed by atoms with van der Waals surface area (Å²) >= 11 is 11.7. The molecule has 1 atom stereocenters. The summed E-state index contributed by atoms with van der Waals surface area (Å²) in [6.45, 7) is 6.14. The number of halogens is 3. The summed E-state index contributed by atoms with van der Waals surface area (Å²) in [5.41, 5.74) is 4.71. The topological polar surface area (TPSA) is 45.8 Å². The quantitative estimate of drug-likeness (QED) is 0.252. The first kappa shape index (κ1) is 22.3. The lowest BCUT2D eigenvalue weighted by atomic mass is 9.85. The lowest BCUT2D eigenvalue weighted by molar-refractivity contribution is 0.108. The Bertz CT molecular complexity index is 1610. The van der Waals surface area contributed by atoms with Crippen LogP contribution in [0, 0.1) is 5.82 Å². The largest absolute Gasteiger partial charge is 0.338 e. The van der Waals surface area contributed by atoms with Crippen LogP contribution >= 0.6 is 23.2 Å². The van der Waals surface area contributed by atoms with Gasteiger partial charge >= 0.3 is 0 Å². The smallest absolute Gasteiger partial charge is 0.252 e. The van der Waals surface area contributed by atoms with Crippen LogP contribution < -0.4 is 0 Å². The van der Waals surface area contributed by atoms with Gasteiger partial charge in [0.25, 0.3) is 5.24 Å². The van der Waals surface area contributed by atoms with Crippen molar-refractivity contribution in [2.24, 2.45) is 0 Å². The highest BCUT2D eigenvalue weighted by atomic mass is 35.5. The highest BCUT2D eigenvalue weighted by Crippen LogP contribution is 2.39. The van der Waals surface area contributed by atoms with Gasteiger partial charge in [-0.15, -0.1) is 0 Å². The number of hydrogen-bond acceptors (Lipinski definition) is 2. The lowest BCUT2D eigenvalue weighted by Gasteiger charge is -2.20. The van der Waals surface area contributed by atoms with Crippen molar-refractivity contribution in [3.05, 3.63) is 107 Å². The molecule has 1 aromatic heterocycles. The lowest BCUT2D eigenvalue weighted by Crippen LogP contribution is -2.02. The van der Waals surface area contributed by atoms with E-state index in [4.69, 9.17) is 28.2 Å². The molecule has 0 spiro atoms. The zero-order valence-corrected chi connectivity index (χ0v) is 19.7. The highest BCUT2D eigenvalue weighted by molar-refractivity contribution is 6.67. The second kappa shape index (κ2) is 8.71. The number of nitrogens with zero attached hydrogens (tertiary/aromatic N) is 1. The van der Waals surface area contributed by atoms with Gasteiger partial charge in [-0.1, -0.05) is 61.5 Å². The zero-order chi connectivity index (χ0) is 24.0. The minimum atomic E-state index is -0.636. The van der Waals surface area contributed by atoms with Crippen LogP contribution in [0.4, 0.5) is 4.39 Å². The number of imidazole rings is 1. The van der Waals surface area contributed by atoms with Gasteiger partial charge in [0.2, 0.25) is 0 Å². The molecule has 168 valence electrons. The predicted octanol–water partition coefficient (Wildman–Crippen LogP) is 8.37. The van der Waals surface area contributed by atoms with Gasteiger partial charge in [0, 0.05) is 27.6 Å². The van der Waals surface area contributed by atoms with Crippen LogP contribution in [0.1, 0.15) is 34.3 Å². The second-order valence-corrected chi connectivity index (χ2v) is 8.99. The molecule has 0 aliphatic rings. The minimum absolute atomic E-state index is 0.219. The van der Waals surface area contributed by atoms with Crippen molar-refractivity contribution in [2.45, 2.75) is 12.8 Å². The summed E-state index contributed by atoms with van der Waals surface area (Å²) in [7, 11) is 0. The maximum Gasteiger partial charge on any atom is 0.252 e. The van der Waals surface area contributed by atoms with Crippen molar-refractivity contribution < 1.29 is 9.18 Å². The molecule has 0 saturated heterocycles. The molecular formula is C28H19Cl2FN2O. The molecule has 0 radical (unpaired) electrons. The van der Waals surface area contributed by atoms with Crippen LogP contribution in [0.15, 0.2) is 79.4 Å². The van der Waals surface area contributed by atoms with Crippen LogP contribution in [-0.2, 0) is 0 Å². The normalized spacial score (nSPS) is 12.2. The molecule has 6 heteroatoms. The Labute approximate surface area is 205 Å². The van der Waals surface area contributed by atoms with Crippen LogP contribution in [0.5, 0.6) is 0 Å². The Morgan fingerprint density at radius 3 is 2.56 bits per heavy atom. The van der Waals surface area contributed by atoms with E-state index in [1.54, 1.807) is 0 Å². The summed E-state index contributed by atoms with van der Waals surface area (Å²) in [5, 5.41) is 2.03. The first-order chi connectivity index (χ1) is 16.3. The van der Waals surface area contributed by atoms with Crippen molar-refractivity contribution in [2.75, 3.05) is 0 Å². The molecule has 4 aromatic carbocycles. The third kappa shape index (κ3) is 3.89. The fourth-order valence-electron chi connectivity index (χ4n) is 4.33. The maximum absolute atomic E-state index is 14.7. The van der Waals surface area contributed by atoms with E-state index < -0.39 is 11.1 Å².